The molecule has 0 spiro atoms. The topological polar surface area (TPSA) is 66.0 Å². The van der Waals surface area contributed by atoms with E-state index in [1.54, 1.807) is 5.57 Å². The summed E-state index contributed by atoms with van der Waals surface area (Å²) in [6, 6.07) is 0. The van der Waals surface area contributed by atoms with E-state index >= 15 is 0 Å². The van der Waals surface area contributed by atoms with Crippen LogP contribution in [0.25, 0.3) is 0 Å². The summed E-state index contributed by atoms with van der Waals surface area (Å²) < 4.78 is 5.78. The molecule has 0 radical (unpaired) electrons. The first-order valence-corrected chi connectivity index (χ1v) is 14.6. The second-order valence-corrected chi connectivity index (χ2v) is 13.3. The predicted molar refractivity (Wildman–Crippen MR) is 139 cm³/mol. The van der Waals surface area contributed by atoms with E-state index in [0.717, 1.165) is 48.3 Å². The Bertz CT molecular complexity index is 748. The van der Waals surface area contributed by atoms with Crippen molar-refractivity contribution in [2.75, 3.05) is 13.1 Å². The molecule has 0 bridgehead atoms. The Hall–Kier alpha value is -1.03. The van der Waals surface area contributed by atoms with Crippen molar-refractivity contribution in [3.63, 3.8) is 0 Å². The minimum atomic E-state index is -0.264. The van der Waals surface area contributed by atoms with Crippen LogP contribution in [0.4, 0.5) is 4.79 Å². The average molecular weight is 474 g/mol. The molecule has 0 aliphatic heterocycles. The maximum atomic E-state index is 12.1. The van der Waals surface area contributed by atoms with Crippen LogP contribution in [-0.4, -0.2) is 25.3 Å². The zero-order valence-electron chi connectivity index (χ0n) is 22.8. The first-order valence-electron chi connectivity index (χ1n) is 14.6. The van der Waals surface area contributed by atoms with Crippen molar-refractivity contribution in [1.82, 2.24) is 5.32 Å². The number of hydrogen-bond donors (Lipinski definition) is 2. The van der Waals surface area contributed by atoms with Gasteiger partial charge in [-0.15, -0.1) is 0 Å². The monoisotopic (exact) mass is 473 g/mol. The summed E-state index contributed by atoms with van der Waals surface area (Å²) in [5.74, 6) is 5.21. The standard InChI is InChI=1S/C30H52N2O2/c1-20(2)7-6-8-21(3)25-11-12-26-24-10-9-22-19-23(34-28(33)32-18-17-31)13-15-29(22,4)27(24)14-16-30(25,26)5/h9,20-21,23-27H,6-8,10-19,31H2,1-5H3,(H,32,33)/p+1/t21-,23+,24+,25-,26+,27+,29+,30-/m1/s1. The SMILES string of the molecule is CC(C)CCC[C@@H](C)[C@H]1CC[C@H]2[C@@H]3CC=C4C[C@@H](OC(=O)NCC[NH3+])CC[C@]4(C)[C@H]3CC[C@]12C. The van der Waals surface area contributed by atoms with Crippen molar-refractivity contribution in [3.8, 4) is 0 Å². The van der Waals surface area contributed by atoms with Crippen LogP contribution < -0.4 is 11.1 Å². The number of alkyl carbamates (subject to hydrolysis) is 1. The van der Waals surface area contributed by atoms with E-state index < -0.39 is 0 Å². The van der Waals surface area contributed by atoms with Gasteiger partial charge in [0.2, 0.25) is 0 Å². The molecule has 4 N–H and O–H groups in total. The molecule has 194 valence electrons. The van der Waals surface area contributed by atoms with Gasteiger partial charge < -0.3 is 15.8 Å². The minimum absolute atomic E-state index is 0.0390. The van der Waals surface area contributed by atoms with E-state index in [1.165, 1.54) is 57.8 Å². The van der Waals surface area contributed by atoms with Crippen molar-refractivity contribution in [1.29, 1.82) is 0 Å². The van der Waals surface area contributed by atoms with Gasteiger partial charge in [0.05, 0.1) is 13.1 Å². The number of carbonyl (C=O) groups excluding carboxylic acids is 1. The van der Waals surface area contributed by atoms with Gasteiger partial charge in [-0.2, -0.15) is 0 Å². The molecule has 4 heteroatoms. The molecular formula is C30H53N2O2+. The van der Waals surface area contributed by atoms with Crippen LogP contribution in [0.5, 0.6) is 0 Å². The first-order chi connectivity index (χ1) is 16.2. The molecule has 0 heterocycles. The van der Waals surface area contributed by atoms with Crippen molar-refractivity contribution in [3.05, 3.63) is 11.6 Å². The van der Waals surface area contributed by atoms with E-state index in [0.29, 0.717) is 23.9 Å². The fraction of sp³-hybridized carbons (Fsp3) is 0.900. The Balaban J connectivity index is 1.41. The van der Waals surface area contributed by atoms with E-state index in [-0.39, 0.29) is 12.2 Å². The molecule has 3 saturated carbocycles. The minimum Gasteiger partial charge on any atom is -0.446 e. The zero-order chi connectivity index (χ0) is 24.5. The Labute approximate surface area is 209 Å². The number of nitrogens with one attached hydrogen (secondary N) is 1. The summed E-state index contributed by atoms with van der Waals surface area (Å²) in [6.07, 6.45) is 16.7. The number of fused-ring (bicyclic) bond motifs is 5. The maximum absolute atomic E-state index is 12.1. The Morgan fingerprint density at radius 3 is 2.65 bits per heavy atom. The number of amides is 1. The van der Waals surface area contributed by atoms with E-state index in [9.17, 15) is 4.79 Å². The summed E-state index contributed by atoms with van der Waals surface area (Å²) >= 11 is 0. The number of rotatable bonds is 8. The molecular weight excluding hydrogens is 420 g/mol. The van der Waals surface area contributed by atoms with Crippen LogP contribution >= 0.6 is 0 Å². The summed E-state index contributed by atoms with van der Waals surface area (Å²) in [5.41, 5.74) is 6.24. The van der Waals surface area contributed by atoms with E-state index in [1.807, 2.05) is 0 Å². The molecule has 0 saturated heterocycles. The van der Waals surface area contributed by atoms with Crippen LogP contribution in [0.1, 0.15) is 105 Å². The number of hydrogen-bond acceptors (Lipinski definition) is 2. The largest absolute Gasteiger partial charge is 0.446 e. The quantitative estimate of drug-likeness (QED) is 0.403. The molecule has 4 aliphatic carbocycles. The van der Waals surface area contributed by atoms with Crippen molar-refractivity contribution < 1.29 is 15.3 Å². The number of carbonyl (C=O) groups is 1. The molecule has 0 unspecified atom stereocenters. The van der Waals surface area contributed by atoms with Crippen molar-refractivity contribution in [2.24, 2.45) is 46.3 Å². The normalized spacial score (nSPS) is 40.1. The lowest BCUT2D eigenvalue weighted by Gasteiger charge is -2.58. The molecule has 4 nitrogen and oxygen atoms in total. The van der Waals surface area contributed by atoms with Gasteiger partial charge in [-0.25, -0.2) is 4.79 Å². The lowest BCUT2D eigenvalue weighted by Crippen LogP contribution is -2.55. The van der Waals surface area contributed by atoms with Crippen LogP contribution in [-0.2, 0) is 4.74 Å². The van der Waals surface area contributed by atoms with E-state index in [4.69, 9.17) is 4.74 Å². The second-order valence-electron chi connectivity index (χ2n) is 13.3. The van der Waals surface area contributed by atoms with Crippen LogP contribution in [0.3, 0.4) is 0 Å². The van der Waals surface area contributed by atoms with Gasteiger partial charge in [0.25, 0.3) is 0 Å². The molecule has 4 rings (SSSR count). The Morgan fingerprint density at radius 2 is 1.91 bits per heavy atom. The fourth-order valence-corrected chi connectivity index (χ4v) is 9.14. The van der Waals surface area contributed by atoms with Crippen molar-refractivity contribution >= 4 is 6.09 Å². The summed E-state index contributed by atoms with van der Waals surface area (Å²) in [6.45, 7) is 13.8. The van der Waals surface area contributed by atoms with Gasteiger partial charge in [-0.05, 0) is 91.3 Å². The lowest BCUT2D eigenvalue weighted by atomic mass is 9.47. The lowest BCUT2D eigenvalue weighted by molar-refractivity contribution is -0.364. The molecule has 0 aromatic heterocycles. The average Bonchev–Trinajstić information content (AvgIpc) is 3.15. The number of quaternary nitrogens is 1. The molecule has 4 aliphatic rings. The van der Waals surface area contributed by atoms with E-state index in [2.05, 4.69) is 51.7 Å². The van der Waals surface area contributed by atoms with Crippen LogP contribution in [0.15, 0.2) is 11.6 Å². The van der Waals surface area contributed by atoms with Crippen LogP contribution in [0, 0.1) is 46.3 Å². The van der Waals surface area contributed by atoms with Gasteiger partial charge in [0, 0.05) is 6.42 Å². The first kappa shape index (κ1) is 26.0. The molecule has 0 aromatic rings. The molecule has 8 atom stereocenters. The fourth-order valence-electron chi connectivity index (χ4n) is 9.14. The Morgan fingerprint density at radius 1 is 1.12 bits per heavy atom. The predicted octanol–water partition coefficient (Wildman–Crippen LogP) is 6.36. The third-order valence-electron chi connectivity index (χ3n) is 11.0. The van der Waals surface area contributed by atoms with Gasteiger partial charge in [0.1, 0.15) is 6.10 Å². The number of allylic oxidation sites excluding steroid dienone is 1. The third-order valence-corrected chi connectivity index (χ3v) is 11.0. The summed E-state index contributed by atoms with van der Waals surface area (Å²) in [5, 5.41) is 2.82. The highest BCUT2D eigenvalue weighted by Crippen LogP contribution is 2.67. The van der Waals surface area contributed by atoms with Gasteiger partial charge in [-0.3, -0.25) is 0 Å². The van der Waals surface area contributed by atoms with Gasteiger partial charge in [0.15, 0.2) is 0 Å². The maximum Gasteiger partial charge on any atom is 0.407 e. The smallest absolute Gasteiger partial charge is 0.407 e. The number of ether oxygens (including phenoxy) is 1. The molecule has 0 aromatic carbocycles. The molecule has 34 heavy (non-hydrogen) atoms. The molecule has 1 amide bonds. The third kappa shape index (κ3) is 4.95. The van der Waals surface area contributed by atoms with Crippen LogP contribution in [0.2, 0.25) is 0 Å². The summed E-state index contributed by atoms with van der Waals surface area (Å²) in [7, 11) is 0. The highest BCUT2D eigenvalue weighted by molar-refractivity contribution is 5.67. The highest BCUT2D eigenvalue weighted by Gasteiger charge is 2.59. The van der Waals surface area contributed by atoms with Gasteiger partial charge in [-0.1, -0.05) is 65.5 Å². The van der Waals surface area contributed by atoms with Gasteiger partial charge >= 0.3 is 6.09 Å². The zero-order valence-corrected chi connectivity index (χ0v) is 22.8. The highest BCUT2D eigenvalue weighted by atomic mass is 16.6. The Kier molecular flexibility index (Phi) is 8.06. The molecule has 3 fully saturated rings. The summed E-state index contributed by atoms with van der Waals surface area (Å²) in [4.78, 5) is 12.1. The second kappa shape index (κ2) is 10.5. The van der Waals surface area contributed by atoms with Crippen molar-refractivity contribution in [2.45, 2.75) is 111 Å².